The van der Waals surface area contributed by atoms with Gasteiger partial charge < -0.3 is 10.3 Å². The lowest BCUT2D eigenvalue weighted by atomic mass is 10.1. The number of thioether (sulfide) groups is 1. The molecule has 0 aliphatic heterocycles. The number of carbonyl (C=O) groups excluding carboxylic acids is 2. The number of rotatable bonds is 10. The van der Waals surface area contributed by atoms with Crippen LogP contribution >= 0.6 is 11.8 Å². The summed E-state index contributed by atoms with van der Waals surface area (Å²) >= 11 is 1.21. The summed E-state index contributed by atoms with van der Waals surface area (Å²) in [4.78, 5) is 31.1. The Morgan fingerprint density at radius 3 is 2.55 bits per heavy atom. The monoisotopic (exact) mass is 460 g/mol. The van der Waals surface area contributed by atoms with Crippen LogP contribution in [0.1, 0.15) is 37.0 Å². The normalized spacial score (nSPS) is 11.5. The van der Waals surface area contributed by atoms with Crippen LogP contribution in [0.3, 0.4) is 0 Å². The molecule has 0 radical (unpaired) electrons. The maximum atomic E-state index is 12.4. The number of unbranched alkanes of at least 4 members (excludes halogenated alkanes) is 1. The van der Waals surface area contributed by atoms with E-state index in [9.17, 15) is 18.0 Å². The van der Waals surface area contributed by atoms with Crippen molar-refractivity contribution in [2.45, 2.75) is 36.7 Å². The van der Waals surface area contributed by atoms with Crippen molar-refractivity contribution in [1.29, 1.82) is 0 Å². The predicted molar refractivity (Wildman–Crippen MR) is 122 cm³/mol. The van der Waals surface area contributed by atoms with Crippen LogP contribution in [0.4, 0.5) is 5.69 Å². The SMILES string of the molecule is CCCCNS(=O)(=O)c1ccc2nc(SCC(=O)Nc3ccc(C(C)=O)cc3)[nH]c2c1. The Balaban J connectivity index is 1.61. The molecule has 0 aliphatic rings. The summed E-state index contributed by atoms with van der Waals surface area (Å²) in [5, 5.41) is 3.28. The Labute approximate surface area is 185 Å². The molecule has 1 heterocycles. The number of aromatic nitrogens is 2. The number of fused-ring (bicyclic) bond motifs is 1. The minimum absolute atomic E-state index is 0.0361. The molecule has 0 saturated heterocycles. The average Bonchev–Trinajstić information content (AvgIpc) is 3.15. The van der Waals surface area contributed by atoms with Gasteiger partial charge in [0.1, 0.15) is 0 Å². The largest absolute Gasteiger partial charge is 0.333 e. The van der Waals surface area contributed by atoms with Crippen LogP contribution in [-0.4, -0.2) is 42.4 Å². The molecule has 3 aromatic rings. The van der Waals surface area contributed by atoms with E-state index in [4.69, 9.17) is 0 Å². The van der Waals surface area contributed by atoms with Crippen LogP contribution in [0, 0.1) is 0 Å². The third kappa shape index (κ3) is 6.16. The third-order valence-electron chi connectivity index (χ3n) is 4.48. The summed E-state index contributed by atoms with van der Waals surface area (Å²) in [6, 6.07) is 11.4. The summed E-state index contributed by atoms with van der Waals surface area (Å²) in [5.74, 6) is -0.131. The topological polar surface area (TPSA) is 121 Å². The van der Waals surface area contributed by atoms with Crippen LogP contribution in [0.2, 0.25) is 0 Å². The number of hydrogen-bond donors (Lipinski definition) is 3. The summed E-state index contributed by atoms with van der Waals surface area (Å²) in [7, 11) is -3.57. The van der Waals surface area contributed by atoms with Crippen LogP contribution in [0.5, 0.6) is 0 Å². The third-order valence-corrected chi connectivity index (χ3v) is 6.81. The first-order chi connectivity index (χ1) is 14.8. The highest BCUT2D eigenvalue weighted by Crippen LogP contribution is 2.22. The fourth-order valence-electron chi connectivity index (χ4n) is 2.79. The number of carbonyl (C=O) groups is 2. The number of amides is 1. The second kappa shape index (κ2) is 10.1. The first-order valence-corrected chi connectivity index (χ1v) is 12.3. The van der Waals surface area contributed by atoms with Gasteiger partial charge in [-0.15, -0.1) is 0 Å². The Kier molecular flexibility index (Phi) is 7.47. The molecule has 10 heteroatoms. The van der Waals surface area contributed by atoms with Gasteiger partial charge in [0.2, 0.25) is 15.9 Å². The zero-order valence-electron chi connectivity index (χ0n) is 17.3. The maximum absolute atomic E-state index is 12.4. The fourth-order valence-corrected chi connectivity index (χ4v) is 4.57. The van der Waals surface area contributed by atoms with E-state index in [-0.39, 0.29) is 22.3 Å². The van der Waals surface area contributed by atoms with E-state index in [2.05, 4.69) is 20.0 Å². The molecule has 3 rings (SSSR count). The fraction of sp³-hybridized carbons (Fsp3) is 0.286. The molecule has 0 bridgehead atoms. The van der Waals surface area contributed by atoms with Crippen LogP contribution in [0.15, 0.2) is 52.5 Å². The van der Waals surface area contributed by atoms with Crippen LogP contribution in [-0.2, 0) is 14.8 Å². The number of nitrogens with zero attached hydrogens (tertiary/aromatic N) is 1. The second-order valence-electron chi connectivity index (χ2n) is 6.94. The number of benzene rings is 2. The molecular formula is C21H24N4O4S2. The zero-order valence-corrected chi connectivity index (χ0v) is 18.9. The first kappa shape index (κ1) is 23.0. The maximum Gasteiger partial charge on any atom is 0.240 e. The van der Waals surface area contributed by atoms with E-state index in [0.29, 0.717) is 34.0 Å². The summed E-state index contributed by atoms with van der Waals surface area (Å²) in [6.45, 7) is 3.88. The van der Waals surface area contributed by atoms with Crippen LogP contribution < -0.4 is 10.0 Å². The van der Waals surface area contributed by atoms with Crippen molar-refractivity contribution in [1.82, 2.24) is 14.7 Å². The number of nitrogens with one attached hydrogen (secondary N) is 3. The highest BCUT2D eigenvalue weighted by Gasteiger charge is 2.15. The number of aromatic amines is 1. The number of sulfonamides is 1. The van der Waals surface area contributed by atoms with Gasteiger partial charge in [-0.25, -0.2) is 18.1 Å². The Bertz CT molecular complexity index is 1190. The highest BCUT2D eigenvalue weighted by molar-refractivity contribution is 7.99. The van der Waals surface area contributed by atoms with Crippen molar-refractivity contribution in [2.75, 3.05) is 17.6 Å². The van der Waals surface area contributed by atoms with Crippen LogP contribution in [0.25, 0.3) is 11.0 Å². The standard InChI is InChI=1S/C21H24N4O4S2/c1-3-4-11-22-31(28,29)17-9-10-18-19(12-17)25-21(24-18)30-13-20(27)23-16-7-5-15(6-8-16)14(2)26/h5-10,12,22H,3-4,11,13H2,1-2H3,(H,23,27)(H,24,25). The molecule has 2 aromatic carbocycles. The van der Waals surface area contributed by atoms with Crippen molar-refractivity contribution < 1.29 is 18.0 Å². The molecule has 0 saturated carbocycles. The lowest BCUT2D eigenvalue weighted by molar-refractivity contribution is -0.113. The quantitative estimate of drug-likeness (QED) is 0.242. The molecule has 0 aliphatic carbocycles. The molecule has 0 atom stereocenters. The summed E-state index contributed by atoms with van der Waals surface area (Å²) in [6.07, 6.45) is 1.68. The number of H-pyrrole nitrogens is 1. The van der Waals surface area contributed by atoms with E-state index in [1.54, 1.807) is 30.3 Å². The molecule has 3 N–H and O–H groups in total. The second-order valence-corrected chi connectivity index (χ2v) is 9.67. The van der Waals surface area contributed by atoms with Crippen molar-refractivity contribution in [2.24, 2.45) is 0 Å². The average molecular weight is 461 g/mol. The van der Waals surface area contributed by atoms with Gasteiger partial charge in [0.25, 0.3) is 0 Å². The first-order valence-electron chi connectivity index (χ1n) is 9.81. The molecule has 31 heavy (non-hydrogen) atoms. The number of hydrogen-bond acceptors (Lipinski definition) is 6. The Morgan fingerprint density at radius 1 is 1.13 bits per heavy atom. The van der Waals surface area contributed by atoms with E-state index >= 15 is 0 Å². The highest BCUT2D eigenvalue weighted by atomic mass is 32.2. The van der Waals surface area contributed by atoms with Crippen molar-refractivity contribution in [3.63, 3.8) is 0 Å². The van der Waals surface area contributed by atoms with E-state index < -0.39 is 10.0 Å². The molecule has 0 spiro atoms. The van der Waals surface area contributed by atoms with Crippen molar-refractivity contribution in [3.8, 4) is 0 Å². The zero-order chi connectivity index (χ0) is 22.4. The predicted octanol–water partition coefficient (Wildman–Crippen LogP) is 3.57. The molecule has 0 unspecified atom stereocenters. The molecule has 0 fully saturated rings. The molecular weight excluding hydrogens is 436 g/mol. The number of Topliss-reactive ketones (excluding diaryl/α,β-unsaturated/α-hetero) is 1. The minimum Gasteiger partial charge on any atom is -0.333 e. The molecule has 1 aromatic heterocycles. The van der Waals surface area contributed by atoms with E-state index in [0.717, 1.165) is 12.8 Å². The van der Waals surface area contributed by atoms with Gasteiger partial charge in [0, 0.05) is 17.8 Å². The molecule has 8 nitrogen and oxygen atoms in total. The van der Waals surface area contributed by atoms with Crippen molar-refractivity contribution in [3.05, 3.63) is 48.0 Å². The van der Waals surface area contributed by atoms with Gasteiger partial charge in [0.15, 0.2) is 10.9 Å². The van der Waals surface area contributed by atoms with E-state index in [1.807, 2.05) is 6.92 Å². The van der Waals surface area contributed by atoms with Gasteiger partial charge >= 0.3 is 0 Å². The Hall–Kier alpha value is -2.69. The Morgan fingerprint density at radius 2 is 1.87 bits per heavy atom. The van der Waals surface area contributed by atoms with Gasteiger partial charge in [-0.05, 0) is 55.8 Å². The van der Waals surface area contributed by atoms with Crippen molar-refractivity contribution >= 4 is 50.2 Å². The smallest absolute Gasteiger partial charge is 0.240 e. The van der Waals surface area contributed by atoms with Gasteiger partial charge in [-0.1, -0.05) is 25.1 Å². The summed E-state index contributed by atoms with van der Waals surface area (Å²) in [5.41, 5.74) is 2.39. The number of ketones is 1. The lowest BCUT2D eigenvalue weighted by Gasteiger charge is -2.05. The lowest BCUT2D eigenvalue weighted by Crippen LogP contribution is -2.24. The molecule has 1 amide bonds. The molecule has 164 valence electrons. The van der Waals surface area contributed by atoms with E-state index in [1.165, 1.54) is 30.8 Å². The minimum atomic E-state index is -3.57. The van der Waals surface area contributed by atoms with Gasteiger partial charge in [-0.3, -0.25) is 9.59 Å². The number of imidazole rings is 1. The van der Waals surface area contributed by atoms with Gasteiger partial charge in [0.05, 0.1) is 21.7 Å². The number of anilines is 1. The summed E-state index contributed by atoms with van der Waals surface area (Å²) < 4.78 is 27.3. The van der Waals surface area contributed by atoms with Gasteiger partial charge in [-0.2, -0.15) is 0 Å².